The summed E-state index contributed by atoms with van der Waals surface area (Å²) in [5, 5.41) is 10.1. The van der Waals surface area contributed by atoms with Crippen LogP contribution >= 0.6 is 0 Å². The Morgan fingerprint density at radius 2 is 1.27 bits per heavy atom. The molecule has 4 heteroatoms. The molecule has 0 bridgehead atoms. The van der Waals surface area contributed by atoms with Gasteiger partial charge < -0.3 is 11.7 Å². The summed E-state index contributed by atoms with van der Waals surface area (Å²) in [5.74, 6) is 11.3. The molecule has 22 heavy (non-hydrogen) atoms. The summed E-state index contributed by atoms with van der Waals surface area (Å²) in [5.41, 5.74) is 2.93. The van der Waals surface area contributed by atoms with Crippen LogP contribution in [0.3, 0.4) is 0 Å². The summed E-state index contributed by atoms with van der Waals surface area (Å²) in [6.45, 7) is 0. The van der Waals surface area contributed by atoms with E-state index in [1.807, 2.05) is 60.7 Å². The van der Waals surface area contributed by atoms with Gasteiger partial charge in [-0.05, 0) is 10.8 Å². The van der Waals surface area contributed by atoms with Gasteiger partial charge in [-0.3, -0.25) is 0 Å². The lowest BCUT2D eigenvalue weighted by molar-refractivity contribution is 1.23. The fourth-order valence-electron chi connectivity index (χ4n) is 2.56. The second-order valence-corrected chi connectivity index (χ2v) is 4.85. The van der Waals surface area contributed by atoms with E-state index in [-0.39, 0.29) is 0 Å². The highest BCUT2D eigenvalue weighted by molar-refractivity contribution is 6.54. The highest BCUT2D eigenvalue weighted by atomic mass is 15.2. The van der Waals surface area contributed by atoms with Crippen molar-refractivity contribution in [1.82, 2.24) is 0 Å². The Morgan fingerprint density at radius 1 is 0.636 bits per heavy atom. The summed E-state index contributed by atoms with van der Waals surface area (Å²) < 4.78 is 0. The Balaban J connectivity index is 2.19. The Morgan fingerprint density at radius 3 is 2.00 bits per heavy atom. The van der Waals surface area contributed by atoms with E-state index in [4.69, 9.17) is 11.7 Å². The van der Waals surface area contributed by atoms with Crippen molar-refractivity contribution in [2.75, 3.05) is 0 Å². The molecule has 0 aliphatic heterocycles. The van der Waals surface area contributed by atoms with Crippen LogP contribution in [0.15, 0.2) is 83.0 Å². The molecule has 0 heterocycles. The van der Waals surface area contributed by atoms with Gasteiger partial charge in [0.25, 0.3) is 0 Å². The molecule has 0 aromatic heterocycles. The first-order chi connectivity index (χ1) is 10.8. The van der Waals surface area contributed by atoms with Crippen molar-refractivity contribution in [3.63, 3.8) is 0 Å². The number of rotatable bonds is 3. The van der Waals surface area contributed by atoms with E-state index in [1.54, 1.807) is 0 Å². The normalized spacial score (nSPS) is 12.5. The third kappa shape index (κ3) is 2.42. The quantitative estimate of drug-likeness (QED) is 0.441. The van der Waals surface area contributed by atoms with E-state index in [0.717, 1.165) is 21.9 Å². The number of benzene rings is 3. The molecule has 4 N–H and O–H groups in total. The van der Waals surface area contributed by atoms with Crippen molar-refractivity contribution in [2.45, 2.75) is 0 Å². The minimum atomic E-state index is 0.569. The first kappa shape index (κ1) is 13.8. The minimum Gasteiger partial charge on any atom is -0.323 e. The van der Waals surface area contributed by atoms with Gasteiger partial charge in [-0.25, -0.2) is 0 Å². The van der Waals surface area contributed by atoms with Crippen LogP contribution < -0.4 is 11.7 Å². The van der Waals surface area contributed by atoms with Crippen molar-refractivity contribution < 1.29 is 0 Å². The zero-order valence-electron chi connectivity index (χ0n) is 12.0. The first-order valence-corrected chi connectivity index (χ1v) is 6.95. The highest BCUT2D eigenvalue weighted by Gasteiger charge is 2.16. The molecule has 0 aliphatic rings. The van der Waals surface area contributed by atoms with Crippen molar-refractivity contribution in [2.24, 2.45) is 21.9 Å². The number of nitrogens with two attached hydrogens (primary N) is 2. The molecule has 0 saturated carbocycles. The molecule has 0 aliphatic carbocycles. The van der Waals surface area contributed by atoms with Gasteiger partial charge in [-0.1, -0.05) is 72.8 Å². The zero-order valence-corrected chi connectivity index (χ0v) is 12.0. The predicted molar refractivity (Wildman–Crippen MR) is 91.8 cm³/mol. The molecule has 0 fully saturated rings. The number of fused-ring (bicyclic) bond motifs is 1. The third-order valence-electron chi connectivity index (χ3n) is 3.57. The lowest BCUT2D eigenvalue weighted by Gasteiger charge is -2.11. The molecule has 108 valence electrons. The topological polar surface area (TPSA) is 76.8 Å². The Bertz CT molecular complexity index is 846. The molecule has 3 aromatic rings. The second kappa shape index (κ2) is 6.10. The summed E-state index contributed by atoms with van der Waals surface area (Å²) in [7, 11) is 0. The zero-order chi connectivity index (χ0) is 15.4. The van der Waals surface area contributed by atoms with Crippen molar-refractivity contribution in [3.05, 3.63) is 83.9 Å². The molecule has 4 nitrogen and oxygen atoms in total. The third-order valence-corrected chi connectivity index (χ3v) is 3.57. The standard InChI is InChI=1S/C18H16N4/c19-21-17(14-8-2-1-3-9-14)18(22-20)16-12-6-10-13-7-4-5-11-15(13)16/h1-12H,19-20H2/b21-17+,22-18?. The first-order valence-electron chi connectivity index (χ1n) is 6.95. The molecule has 0 spiro atoms. The van der Waals surface area contributed by atoms with Gasteiger partial charge in [0.15, 0.2) is 0 Å². The van der Waals surface area contributed by atoms with E-state index < -0.39 is 0 Å². The van der Waals surface area contributed by atoms with E-state index in [2.05, 4.69) is 22.3 Å². The van der Waals surface area contributed by atoms with Crippen LogP contribution in [0.1, 0.15) is 11.1 Å². The molecule has 0 atom stereocenters. The van der Waals surface area contributed by atoms with Crippen LogP contribution in [0, 0.1) is 0 Å². The number of nitrogens with zero attached hydrogens (tertiary/aromatic N) is 2. The molecule has 0 amide bonds. The Kier molecular flexibility index (Phi) is 3.83. The van der Waals surface area contributed by atoms with E-state index in [1.165, 1.54) is 0 Å². The molecule has 3 rings (SSSR count). The molecular formula is C18H16N4. The Hall–Kier alpha value is -3.14. The molecule has 3 aromatic carbocycles. The smallest absolute Gasteiger partial charge is 0.119 e. The monoisotopic (exact) mass is 288 g/mol. The lowest BCUT2D eigenvalue weighted by atomic mass is 9.95. The summed E-state index contributed by atoms with van der Waals surface area (Å²) in [6.07, 6.45) is 0. The second-order valence-electron chi connectivity index (χ2n) is 4.85. The van der Waals surface area contributed by atoms with Crippen LogP contribution in [0.2, 0.25) is 0 Å². The number of hydrazone groups is 2. The maximum absolute atomic E-state index is 5.66. The van der Waals surface area contributed by atoms with Gasteiger partial charge in [-0.15, -0.1) is 0 Å². The summed E-state index contributed by atoms with van der Waals surface area (Å²) >= 11 is 0. The fourth-order valence-corrected chi connectivity index (χ4v) is 2.56. The van der Waals surface area contributed by atoms with Gasteiger partial charge >= 0.3 is 0 Å². The van der Waals surface area contributed by atoms with E-state index in [0.29, 0.717) is 11.4 Å². The van der Waals surface area contributed by atoms with Gasteiger partial charge in [0.2, 0.25) is 0 Å². The average molecular weight is 288 g/mol. The maximum atomic E-state index is 5.66. The maximum Gasteiger partial charge on any atom is 0.119 e. The molecule has 0 saturated heterocycles. The van der Waals surface area contributed by atoms with Crippen molar-refractivity contribution in [3.8, 4) is 0 Å². The lowest BCUT2D eigenvalue weighted by Crippen LogP contribution is -2.21. The van der Waals surface area contributed by atoms with Gasteiger partial charge in [-0.2, -0.15) is 10.2 Å². The van der Waals surface area contributed by atoms with E-state index >= 15 is 0 Å². The average Bonchev–Trinajstić information content (AvgIpc) is 2.60. The SMILES string of the molecule is NN=C(/C(=N/N)c1ccccc1)c1cccc2ccccc12. The fraction of sp³-hybridized carbons (Fsp3) is 0. The molecule has 0 unspecified atom stereocenters. The van der Waals surface area contributed by atoms with Gasteiger partial charge in [0.1, 0.15) is 11.4 Å². The van der Waals surface area contributed by atoms with Crippen molar-refractivity contribution in [1.29, 1.82) is 0 Å². The molecular weight excluding hydrogens is 272 g/mol. The predicted octanol–water partition coefficient (Wildman–Crippen LogP) is 2.87. The van der Waals surface area contributed by atoms with Crippen LogP contribution in [0.4, 0.5) is 0 Å². The van der Waals surface area contributed by atoms with E-state index in [9.17, 15) is 0 Å². The van der Waals surface area contributed by atoms with Crippen LogP contribution in [-0.2, 0) is 0 Å². The number of hydrogen-bond acceptors (Lipinski definition) is 4. The summed E-state index contributed by atoms with van der Waals surface area (Å²) in [4.78, 5) is 0. The number of hydrogen-bond donors (Lipinski definition) is 2. The summed E-state index contributed by atoms with van der Waals surface area (Å²) in [6, 6.07) is 23.7. The van der Waals surface area contributed by atoms with Crippen LogP contribution in [0.5, 0.6) is 0 Å². The largest absolute Gasteiger partial charge is 0.323 e. The highest BCUT2D eigenvalue weighted by Crippen LogP contribution is 2.21. The molecule has 0 radical (unpaired) electrons. The van der Waals surface area contributed by atoms with Crippen LogP contribution in [-0.4, -0.2) is 11.4 Å². The van der Waals surface area contributed by atoms with Crippen LogP contribution in [0.25, 0.3) is 10.8 Å². The van der Waals surface area contributed by atoms with Gasteiger partial charge in [0, 0.05) is 11.1 Å². The minimum absolute atomic E-state index is 0.569. The van der Waals surface area contributed by atoms with Crippen molar-refractivity contribution >= 4 is 22.2 Å². The van der Waals surface area contributed by atoms with Gasteiger partial charge in [0.05, 0.1) is 0 Å². The Labute approximate surface area is 128 Å².